The van der Waals surface area contributed by atoms with Gasteiger partial charge >= 0.3 is 0 Å². The van der Waals surface area contributed by atoms with Crippen molar-refractivity contribution in [3.63, 3.8) is 0 Å². The molecule has 168 valence electrons. The van der Waals surface area contributed by atoms with Crippen LogP contribution in [-0.2, 0) is 9.47 Å². The lowest BCUT2D eigenvalue weighted by Crippen LogP contribution is -2.62. The maximum Gasteiger partial charge on any atom is 0.187 e. The van der Waals surface area contributed by atoms with E-state index in [4.69, 9.17) is 9.47 Å². The van der Waals surface area contributed by atoms with E-state index < -0.39 is 68.3 Å². The maximum absolute atomic E-state index is 10.6. The fourth-order valence-electron chi connectivity index (χ4n) is 4.36. The summed E-state index contributed by atoms with van der Waals surface area (Å²) in [5.74, 6) is 0. The Morgan fingerprint density at radius 1 is 0.897 bits per heavy atom. The number of aliphatic hydroxyl groups is 7. The molecule has 9 atom stereocenters. The number of hydrogen-bond acceptors (Lipinski definition) is 10. The van der Waals surface area contributed by atoms with Crippen molar-refractivity contribution in [3.05, 3.63) is 11.6 Å². The van der Waals surface area contributed by atoms with E-state index in [0.29, 0.717) is 5.57 Å². The highest BCUT2D eigenvalue weighted by molar-refractivity contribution is 5.22. The van der Waals surface area contributed by atoms with E-state index in [1.807, 2.05) is 0 Å². The Labute approximate surface area is 169 Å². The van der Waals surface area contributed by atoms with Gasteiger partial charge in [-0.1, -0.05) is 25.3 Å². The zero-order valence-electron chi connectivity index (χ0n) is 16.2. The number of ether oxygens (including phenoxy) is 2. The van der Waals surface area contributed by atoms with Crippen molar-refractivity contribution in [2.75, 3.05) is 13.2 Å². The molecule has 0 unspecified atom stereocenters. The van der Waals surface area contributed by atoms with Crippen LogP contribution in [0, 0.1) is 0 Å². The van der Waals surface area contributed by atoms with Crippen molar-refractivity contribution in [2.24, 2.45) is 0 Å². The largest absolute Gasteiger partial charge is 0.394 e. The second kappa shape index (κ2) is 10.1. The molecule has 1 saturated carbocycles. The number of hydrogen-bond donors (Lipinski definition) is 8. The zero-order valence-corrected chi connectivity index (χ0v) is 16.2. The van der Waals surface area contributed by atoms with Gasteiger partial charge in [-0.3, -0.25) is 0 Å². The van der Waals surface area contributed by atoms with Crippen LogP contribution in [0.5, 0.6) is 0 Å². The van der Waals surface area contributed by atoms with Gasteiger partial charge in [0, 0.05) is 6.04 Å². The van der Waals surface area contributed by atoms with Crippen molar-refractivity contribution in [2.45, 2.75) is 93.2 Å². The van der Waals surface area contributed by atoms with Gasteiger partial charge < -0.3 is 50.5 Å². The highest BCUT2D eigenvalue weighted by Crippen LogP contribution is 2.30. The summed E-state index contributed by atoms with van der Waals surface area (Å²) in [5, 5.41) is 73.5. The lowest BCUT2D eigenvalue weighted by Gasteiger charge is -2.44. The molecular weight excluding hydrogens is 386 g/mol. The topological polar surface area (TPSA) is 172 Å². The predicted octanol–water partition coefficient (Wildman–Crippen LogP) is -2.88. The summed E-state index contributed by atoms with van der Waals surface area (Å²) in [6.45, 7) is -1.06. The third-order valence-electron chi connectivity index (χ3n) is 6.13. The van der Waals surface area contributed by atoms with Crippen LogP contribution in [0.3, 0.4) is 0 Å². The molecule has 8 N–H and O–H groups in total. The Morgan fingerprint density at radius 2 is 1.59 bits per heavy atom. The van der Waals surface area contributed by atoms with Crippen LogP contribution in [-0.4, -0.2) is 110 Å². The summed E-state index contributed by atoms with van der Waals surface area (Å²) in [6, 6.07) is -0.348. The first-order valence-electron chi connectivity index (χ1n) is 10.3. The van der Waals surface area contributed by atoms with Crippen molar-refractivity contribution < 1.29 is 45.2 Å². The second-order valence-electron chi connectivity index (χ2n) is 8.16. The van der Waals surface area contributed by atoms with Gasteiger partial charge in [0.1, 0.15) is 42.7 Å². The van der Waals surface area contributed by atoms with Gasteiger partial charge in [0.15, 0.2) is 6.29 Å². The molecule has 1 aliphatic heterocycles. The standard InChI is InChI=1S/C19H33NO9/c21-7-9-6-11(20-10-4-2-1-3-5-10)13(23)16(26)18(9)29-19-17(27)15(25)14(24)12(8-22)28-19/h6,10-27H,1-5,7-8H2/t11-,12+,13-,14+,15-,16+,17+,18+,19+/m0/s1. The van der Waals surface area contributed by atoms with Crippen molar-refractivity contribution in [1.82, 2.24) is 5.32 Å². The molecule has 0 aromatic rings. The van der Waals surface area contributed by atoms with Gasteiger partial charge in [-0.25, -0.2) is 0 Å². The highest BCUT2D eigenvalue weighted by atomic mass is 16.7. The average Bonchev–Trinajstić information content (AvgIpc) is 2.74. The summed E-state index contributed by atoms with van der Waals surface area (Å²) in [5.41, 5.74) is 0.299. The van der Waals surface area contributed by atoms with Gasteiger partial charge in [0.05, 0.1) is 19.3 Å². The van der Waals surface area contributed by atoms with E-state index in [2.05, 4.69) is 5.32 Å². The molecule has 2 aliphatic carbocycles. The molecule has 29 heavy (non-hydrogen) atoms. The fourth-order valence-corrected chi connectivity index (χ4v) is 4.36. The quantitative estimate of drug-likeness (QED) is 0.209. The minimum Gasteiger partial charge on any atom is -0.394 e. The molecule has 0 radical (unpaired) electrons. The SMILES string of the molecule is OCC1=C[C@H](NC2CCCCC2)[C@H](O)[C@@H](O)[C@@H]1O[C@H]1O[C@H](CO)[C@@H](O)[C@H](O)[C@H]1O. The Balaban J connectivity index is 1.72. The summed E-state index contributed by atoms with van der Waals surface area (Å²) < 4.78 is 10.9. The van der Waals surface area contributed by atoms with Crippen LogP contribution in [0.15, 0.2) is 11.6 Å². The lowest BCUT2D eigenvalue weighted by atomic mass is 9.86. The summed E-state index contributed by atoms with van der Waals surface area (Å²) in [6.07, 6.45) is -4.33. The van der Waals surface area contributed by atoms with Crippen LogP contribution in [0.2, 0.25) is 0 Å². The number of rotatable bonds is 6. The van der Waals surface area contributed by atoms with Crippen LogP contribution < -0.4 is 5.32 Å². The van der Waals surface area contributed by atoms with Crippen molar-refractivity contribution in [1.29, 1.82) is 0 Å². The summed E-state index contributed by atoms with van der Waals surface area (Å²) in [4.78, 5) is 0. The molecule has 0 amide bonds. The van der Waals surface area contributed by atoms with Gasteiger partial charge in [-0.2, -0.15) is 0 Å². The van der Waals surface area contributed by atoms with Crippen LogP contribution in [0.25, 0.3) is 0 Å². The van der Waals surface area contributed by atoms with Crippen molar-refractivity contribution in [3.8, 4) is 0 Å². The third-order valence-corrected chi connectivity index (χ3v) is 6.13. The Bertz CT molecular complexity index is 554. The minimum atomic E-state index is -1.64. The predicted molar refractivity (Wildman–Crippen MR) is 99.6 cm³/mol. The molecule has 10 nitrogen and oxygen atoms in total. The molecule has 1 heterocycles. The lowest BCUT2D eigenvalue weighted by molar-refractivity contribution is -0.316. The van der Waals surface area contributed by atoms with Crippen LogP contribution in [0.4, 0.5) is 0 Å². The number of aliphatic hydroxyl groups excluding tert-OH is 7. The Hall–Kier alpha value is -0.660. The van der Waals surface area contributed by atoms with E-state index in [9.17, 15) is 35.7 Å². The maximum atomic E-state index is 10.6. The van der Waals surface area contributed by atoms with E-state index in [1.165, 1.54) is 6.42 Å². The fraction of sp³-hybridized carbons (Fsp3) is 0.895. The van der Waals surface area contributed by atoms with E-state index in [0.717, 1.165) is 25.7 Å². The molecule has 0 aromatic carbocycles. The molecule has 0 spiro atoms. The third kappa shape index (κ3) is 4.99. The smallest absolute Gasteiger partial charge is 0.187 e. The number of nitrogens with one attached hydrogen (secondary N) is 1. The van der Waals surface area contributed by atoms with E-state index in [1.54, 1.807) is 6.08 Å². The minimum absolute atomic E-state index is 0.217. The first-order chi connectivity index (χ1) is 13.9. The molecule has 2 fully saturated rings. The molecule has 1 saturated heterocycles. The molecule has 10 heteroatoms. The van der Waals surface area contributed by atoms with Gasteiger partial charge in [0.25, 0.3) is 0 Å². The first-order valence-corrected chi connectivity index (χ1v) is 10.3. The average molecular weight is 419 g/mol. The van der Waals surface area contributed by atoms with E-state index in [-0.39, 0.29) is 6.04 Å². The first kappa shape index (κ1) is 23.0. The zero-order chi connectivity index (χ0) is 21.1. The van der Waals surface area contributed by atoms with Gasteiger partial charge in [-0.05, 0) is 18.4 Å². The Morgan fingerprint density at radius 3 is 2.21 bits per heavy atom. The van der Waals surface area contributed by atoms with Crippen LogP contribution in [0.1, 0.15) is 32.1 Å². The molecule has 3 rings (SSSR count). The normalized spacial score (nSPS) is 44.5. The van der Waals surface area contributed by atoms with Gasteiger partial charge in [-0.15, -0.1) is 0 Å². The van der Waals surface area contributed by atoms with Gasteiger partial charge in [0.2, 0.25) is 0 Å². The molecule has 0 bridgehead atoms. The molecular formula is C19H33NO9. The highest BCUT2D eigenvalue weighted by Gasteiger charge is 2.47. The Kier molecular flexibility index (Phi) is 8.01. The molecule has 3 aliphatic rings. The van der Waals surface area contributed by atoms with E-state index >= 15 is 0 Å². The summed E-state index contributed by atoms with van der Waals surface area (Å²) >= 11 is 0. The van der Waals surface area contributed by atoms with Crippen LogP contribution >= 0.6 is 0 Å². The monoisotopic (exact) mass is 419 g/mol. The molecule has 0 aromatic heterocycles. The summed E-state index contributed by atoms with van der Waals surface area (Å²) in [7, 11) is 0. The second-order valence-corrected chi connectivity index (χ2v) is 8.16. The van der Waals surface area contributed by atoms with Crippen molar-refractivity contribution >= 4 is 0 Å².